The molecule has 0 N–H and O–H groups in total. The summed E-state index contributed by atoms with van der Waals surface area (Å²) in [4.78, 5) is 4.80. The smallest absolute Gasteiger partial charge is 0.248 e. The van der Waals surface area contributed by atoms with Crippen molar-refractivity contribution in [3.8, 4) is 45.8 Å². The van der Waals surface area contributed by atoms with Gasteiger partial charge in [0.05, 0.1) is 9.79 Å². The van der Waals surface area contributed by atoms with Crippen LogP contribution >= 0.6 is 0 Å². The molecule has 4 aromatic carbocycles. The first kappa shape index (κ1) is 31.7. The van der Waals surface area contributed by atoms with Crippen molar-refractivity contribution < 1.29 is 17.3 Å². The SMILES string of the molecule is CCN(CC)c1ccc(-c2nnc(-c3ccc(S(=O)(=O)c4ccc(-c5nnc(-c6ccc(N(CC)CC)cc6)o5)cc4)cc3)o2)cc1. The molecule has 0 atom stereocenters. The van der Waals surface area contributed by atoms with Crippen molar-refractivity contribution >= 4 is 21.2 Å². The molecule has 2 aromatic heterocycles. The van der Waals surface area contributed by atoms with Crippen LogP contribution in [0.25, 0.3) is 45.8 Å². The highest BCUT2D eigenvalue weighted by atomic mass is 32.2. The van der Waals surface area contributed by atoms with E-state index in [-0.39, 0.29) is 9.79 Å². The lowest BCUT2D eigenvalue weighted by atomic mass is 10.2. The molecular formula is C36H36N6O4S. The molecule has 11 heteroatoms. The second-order valence-electron chi connectivity index (χ2n) is 10.8. The van der Waals surface area contributed by atoms with Gasteiger partial charge in [-0.2, -0.15) is 0 Å². The van der Waals surface area contributed by atoms with E-state index in [0.29, 0.717) is 34.7 Å². The number of sulfone groups is 1. The fourth-order valence-electron chi connectivity index (χ4n) is 5.41. The highest BCUT2D eigenvalue weighted by Gasteiger charge is 2.20. The maximum absolute atomic E-state index is 13.4. The van der Waals surface area contributed by atoms with Gasteiger partial charge in [-0.3, -0.25) is 0 Å². The molecule has 10 nitrogen and oxygen atoms in total. The fraction of sp³-hybridized carbons (Fsp3) is 0.222. The zero-order valence-corrected chi connectivity index (χ0v) is 27.6. The first-order valence-corrected chi connectivity index (χ1v) is 17.2. The Kier molecular flexibility index (Phi) is 9.17. The summed E-state index contributed by atoms with van der Waals surface area (Å²) >= 11 is 0. The van der Waals surface area contributed by atoms with E-state index in [1.54, 1.807) is 24.3 Å². The largest absolute Gasteiger partial charge is 0.416 e. The Morgan fingerprint density at radius 2 is 0.702 bits per heavy atom. The standard InChI is InChI=1S/C36H36N6O4S/c1-5-41(6-2)29-17-9-25(10-18-29)33-37-39-35(45-33)27-13-21-31(22-14-27)47(43,44)32-23-15-28(16-24-32)36-40-38-34(46-36)26-11-19-30(20-12-26)42(7-3)8-4/h9-24H,5-8H2,1-4H3. The van der Waals surface area contributed by atoms with Crippen LogP contribution in [0.4, 0.5) is 11.4 Å². The quantitative estimate of drug-likeness (QED) is 0.131. The van der Waals surface area contributed by atoms with E-state index in [9.17, 15) is 8.42 Å². The molecule has 0 radical (unpaired) electrons. The van der Waals surface area contributed by atoms with Gasteiger partial charge in [-0.1, -0.05) is 0 Å². The van der Waals surface area contributed by atoms with Crippen LogP contribution in [0.15, 0.2) is 116 Å². The molecule has 0 spiro atoms. The molecule has 0 aliphatic rings. The van der Waals surface area contributed by atoms with Crippen LogP contribution in [-0.2, 0) is 9.84 Å². The van der Waals surface area contributed by atoms with Crippen LogP contribution in [0.3, 0.4) is 0 Å². The van der Waals surface area contributed by atoms with E-state index in [1.165, 1.54) is 24.3 Å². The minimum Gasteiger partial charge on any atom is -0.416 e. The van der Waals surface area contributed by atoms with Crippen LogP contribution in [0.5, 0.6) is 0 Å². The average Bonchev–Trinajstić information content (AvgIpc) is 3.82. The van der Waals surface area contributed by atoms with Crippen LogP contribution in [0.1, 0.15) is 27.7 Å². The minimum atomic E-state index is -3.79. The van der Waals surface area contributed by atoms with Crippen molar-refractivity contribution in [2.45, 2.75) is 37.5 Å². The number of benzene rings is 4. The summed E-state index contributed by atoms with van der Waals surface area (Å²) in [7, 11) is -3.79. The predicted molar refractivity (Wildman–Crippen MR) is 183 cm³/mol. The van der Waals surface area contributed by atoms with Gasteiger partial charge in [-0.25, -0.2) is 8.42 Å². The van der Waals surface area contributed by atoms with E-state index in [4.69, 9.17) is 8.83 Å². The second-order valence-corrected chi connectivity index (χ2v) is 12.8. The van der Waals surface area contributed by atoms with Crippen molar-refractivity contribution in [2.75, 3.05) is 36.0 Å². The third-order valence-corrected chi connectivity index (χ3v) is 9.94. The molecule has 0 saturated carbocycles. The minimum absolute atomic E-state index is 0.147. The zero-order valence-electron chi connectivity index (χ0n) is 26.8. The predicted octanol–water partition coefficient (Wildman–Crippen LogP) is 7.65. The first-order chi connectivity index (χ1) is 22.8. The number of aromatic nitrogens is 4. The van der Waals surface area contributed by atoms with Crippen molar-refractivity contribution in [3.63, 3.8) is 0 Å². The van der Waals surface area contributed by atoms with E-state index in [0.717, 1.165) is 48.7 Å². The van der Waals surface area contributed by atoms with Crippen LogP contribution in [0, 0.1) is 0 Å². The van der Waals surface area contributed by atoms with Crippen LogP contribution in [-0.4, -0.2) is 55.0 Å². The van der Waals surface area contributed by atoms with Crippen molar-refractivity contribution in [2.24, 2.45) is 0 Å². The molecule has 6 aromatic rings. The molecule has 2 heterocycles. The maximum atomic E-state index is 13.4. The Bertz CT molecular complexity index is 1890. The maximum Gasteiger partial charge on any atom is 0.248 e. The van der Waals surface area contributed by atoms with Gasteiger partial charge >= 0.3 is 0 Å². The molecule has 6 rings (SSSR count). The van der Waals surface area contributed by atoms with Crippen molar-refractivity contribution in [1.82, 2.24) is 20.4 Å². The molecule has 0 aliphatic heterocycles. The average molecular weight is 649 g/mol. The van der Waals surface area contributed by atoms with Gasteiger partial charge in [0.25, 0.3) is 0 Å². The summed E-state index contributed by atoms with van der Waals surface area (Å²) in [6, 6.07) is 28.8. The highest BCUT2D eigenvalue weighted by molar-refractivity contribution is 7.91. The zero-order chi connectivity index (χ0) is 33.0. The summed E-state index contributed by atoms with van der Waals surface area (Å²) in [5.74, 6) is 1.40. The Labute approximate surface area is 274 Å². The van der Waals surface area contributed by atoms with Crippen LogP contribution in [0.2, 0.25) is 0 Å². The Balaban J connectivity index is 1.14. The number of hydrogen-bond acceptors (Lipinski definition) is 10. The second kappa shape index (κ2) is 13.6. The third-order valence-electron chi connectivity index (χ3n) is 8.16. The Morgan fingerprint density at radius 3 is 0.957 bits per heavy atom. The molecule has 47 heavy (non-hydrogen) atoms. The fourth-order valence-corrected chi connectivity index (χ4v) is 6.67. The molecule has 0 amide bonds. The van der Waals surface area contributed by atoms with E-state index < -0.39 is 9.84 Å². The Hall–Kier alpha value is -5.29. The van der Waals surface area contributed by atoms with Crippen molar-refractivity contribution in [1.29, 1.82) is 0 Å². The normalized spacial score (nSPS) is 11.5. The van der Waals surface area contributed by atoms with E-state index in [2.05, 4.69) is 57.9 Å². The summed E-state index contributed by atoms with van der Waals surface area (Å²) in [5, 5.41) is 16.8. The molecule has 0 aliphatic carbocycles. The monoisotopic (exact) mass is 648 g/mol. The van der Waals surface area contributed by atoms with Gasteiger partial charge in [0, 0.05) is 59.8 Å². The summed E-state index contributed by atoms with van der Waals surface area (Å²) in [6.07, 6.45) is 0. The Morgan fingerprint density at radius 1 is 0.447 bits per heavy atom. The van der Waals surface area contributed by atoms with Gasteiger partial charge in [0.2, 0.25) is 33.4 Å². The third kappa shape index (κ3) is 6.52. The van der Waals surface area contributed by atoms with Crippen molar-refractivity contribution in [3.05, 3.63) is 97.1 Å². The van der Waals surface area contributed by atoms with E-state index in [1.807, 2.05) is 48.5 Å². The summed E-state index contributed by atoms with van der Waals surface area (Å²) in [5.41, 5.74) is 5.11. The van der Waals surface area contributed by atoms with Gasteiger partial charge < -0.3 is 18.6 Å². The molecular weight excluding hydrogens is 613 g/mol. The highest BCUT2D eigenvalue weighted by Crippen LogP contribution is 2.30. The molecule has 0 unspecified atom stereocenters. The van der Waals surface area contributed by atoms with E-state index >= 15 is 0 Å². The lowest BCUT2D eigenvalue weighted by molar-refractivity contribution is 0.584. The summed E-state index contributed by atoms with van der Waals surface area (Å²) < 4.78 is 38.7. The van der Waals surface area contributed by atoms with Gasteiger partial charge in [-0.05, 0) is 125 Å². The number of anilines is 2. The summed E-state index contributed by atoms with van der Waals surface area (Å²) in [6.45, 7) is 12.2. The molecule has 240 valence electrons. The van der Waals surface area contributed by atoms with Gasteiger partial charge in [0.1, 0.15) is 0 Å². The van der Waals surface area contributed by atoms with Gasteiger partial charge in [-0.15, -0.1) is 20.4 Å². The topological polar surface area (TPSA) is 118 Å². The molecule has 0 fully saturated rings. The van der Waals surface area contributed by atoms with Gasteiger partial charge in [0.15, 0.2) is 0 Å². The van der Waals surface area contributed by atoms with Crippen LogP contribution < -0.4 is 9.80 Å². The number of hydrogen-bond donors (Lipinski definition) is 0. The lowest BCUT2D eigenvalue weighted by Crippen LogP contribution is -2.21. The molecule has 0 bridgehead atoms. The first-order valence-electron chi connectivity index (χ1n) is 15.7. The lowest BCUT2D eigenvalue weighted by Gasteiger charge is -2.20. The number of nitrogens with zero attached hydrogens (tertiary/aromatic N) is 6. The molecule has 0 saturated heterocycles. The number of rotatable bonds is 12.